The van der Waals surface area contributed by atoms with Crippen LogP contribution >= 0.6 is 0 Å². The number of benzene rings is 1. The van der Waals surface area contributed by atoms with Crippen LogP contribution in [0.1, 0.15) is 16.8 Å². The number of ether oxygens (including phenoxy) is 3. The van der Waals surface area contributed by atoms with Gasteiger partial charge in [-0.2, -0.15) is 0 Å². The third-order valence-corrected chi connectivity index (χ3v) is 5.64. The van der Waals surface area contributed by atoms with Crippen molar-refractivity contribution in [3.05, 3.63) is 17.7 Å². The predicted molar refractivity (Wildman–Crippen MR) is 85.2 cm³/mol. The third kappa shape index (κ3) is 4.07. The first-order valence-corrected chi connectivity index (χ1v) is 9.01. The molecule has 1 saturated heterocycles. The lowest BCUT2D eigenvalue weighted by atomic mass is 10.1. The Balaban J connectivity index is 2.10. The van der Waals surface area contributed by atoms with E-state index in [1.54, 1.807) is 12.1 Å². The highest BCUT2D eigenvalue weighted by atomic mass is 32.2. The van der Waals surface area contributed by atoms with Crippen LogP contribution in [0.4, 0.5) is 0 Å². The molecule has 1 aliphatic heterocycles. The fourth-order valence-corrected chi connectivity index (χ4v) is 4.45. The number of hydrogen-bond acceptors (Lipinski definition) is 6. The van der Waals surface area contributed by atoms with Gasteiger partial charge in [0.15, 0.2) is 21.3 Å². The maximum atomic E-state index is 12.3. The van der Waals surface area contributed by atoms with Crippen molar-refractivity contribution in [2.45, 2.75) is 6.42 Å². The second kappa shape index (κ2) is 7.08. The summed E-state index contributed by atoms with van der Waals surface area (Å²) in [6, 6.07) is 3.12. The summed E-state index contributed by atoms with van der Waals surface area (Å²) in [6.45, 7) is 0.328. The van der Waals surface area contributed by atoms with Crippen molar-refractivity contribution < 1.29 is 27.4 Å². The molecule has 1 aromatic rings. The Morgan fingerprint density at radius 1 is 1.17 bits per heavy atom. The van der Waals surface area contributed by atoms with E-state index in [0.29, 0.717) is 35.8 Å². The molecule has 7 nitrogen and oxygen atoms in total. The van der Waals surface area contributed by atoms with Crippen molar-refractivity contribution in [1.82, 2.24) is 5.32 Å². The van der Waals surface area contributed by atoms with E-state index in [4.69, 9.17) is 14.2 Å². The molecule has 8 heteroatoms. The highest BCUT2D eigenvalue weighted by Crippen LogP contribution is 2.38. The fraction of sp³-hybridized carbons (Fsp3) is 0.533. The van der Waals surface area contributed by atoms with Crippen LogP contribution in [0.5, 0.6) is 17.2 Å². The molecule has 1 aliphatic rings. The second-order valence-corrected chi connectivity index (χ2v) is 7.62. The van der Waals surface area contributed by atoms with E-state index in [-0.39, 0.29) is 23.3 Å². The topological polar surface area (TPSA) is 90.9 Å². The maximum absolute atomic E-state index is 12.3. The zero-order valence-electron chi connectivity index (χ0n) is 13.4. The van der Waals surface area contributed by atoms with Crippen molar-refractivity contribution in [2.24, 2.45) is 5.92 Å². The maximum Gasteiger partial charge on any atom is 0.251 e. The van der Waals surface area contributed by atoms with Crippen molar-refractivity contribution in [1.29, 1.82) is 0 Å². The highest BCUT2D eigenvalue weighted by Gasteiger charge is 2.28. The second-order valence-electron chi connectivity index (χ2n) is 5.39. The van der Waals surface area contributed by atoms with Gasteiger partial charge in [0.2, 0.25) is 5.75 Å². The van der Waals surface area contributed by atoms with Crippen LogP contribution < -0.4 is 19.5 Å². The van der Waals surface area contributed by atoms with Crippen LogP contribution in [-0.2, 0) is 9.84 Å². The lowest BCUT2D eigenvalue weighted by Gasteiger charge is -2.15. The number of amides is 1. The lowest BCUT2D eigenvalue weighted by Crippen LogP contribution is -2.29. The molecule has 1 amide bonds. The summed E-state index contributed by atoms with van der Waals surface area (Å²) in [5.41, 5.74) is 0.361. The van der Waals surface area contributed by atoms with Crippen LogP contribution in [0.25, 0.3) is 0 Å². The molecule has 1 heterocycles. The zero-order valence-corrected chi connectivity index (χ0v) is 14.2. The summed E-state index contributed by atoms with van der Waals surface area (Å²) in [4.78, 5) is 12.3. The molecule has 2 rings (SSSR count). The van der Waals surface area contributed by atoms with Crippen molar-refractivity contribution in [3.63, 3.8) is 0 Å². The van der Waals surface area contributed by atoms with Gasteiger partial charge in [-0.3, -0.25) is 4.79 Å². The summed E-state index contributed by atoms with van der Waals surface area (Å²) in [7, 11) is 1.49. The Bertz CT molecular complexity index is 660. The SMILES string of the molecule is COc1cc(C(=O)NCC2CCS(=O)(=O)C2)cc(OC)c1OC. The highest BCUT2D eigenvalue weighted by molar-refractivity contribution is 7.91. The zero-order chi connectivity index (χ0) is 17.0. The lowest BCUT2D eigenvalue weighted by molar-refractivity contribution is 0.0947. The van der Waals surface area contributed by atoms with Gasteiger partial charge in [-0.05, 0) is 24.5 Å². The molecule has 0 spiro atoms. The molecule has 1 atom stereocenters. The van der Waals surface area contributed by atoms with Gasteiger partial charge >= 0.3 is 0 Å². The molecule has 1 N–H and O–H groups in total. The Morgan fingerprint density at radius 3 is 2.22 bits per heavy atom. The fourth-order valence-electron chi connectivity index (χ4n) is 2.58. The molecular weight excluding hydrogens is 322 g/mol. The Hall–Kier alpha value is -1.96. The van der Waals surface area contributed by atoms with Crippen molar-refractivity contribution in [2.75, 3.05) is 39.4 Å². The monoisotopic (exact) mass is 343 g/mol. The summed E-state index contributed by atoms with van der Waals surface area (Å²) in [5, 5.41) is 2.76. The van der Waals surface area contributed by atoms with Gasteiger partial charge in [-0.15, -0.1) is 0 Å². The van der Waals surface area contributed by atoms with Crippen LogP contribution in [0.15, 0.2) is 12.1 Å². The van der Waals surface area contributed by atoms with Crippen molar-refractivity contribution >= 4 is 15.7 Å². The van der Waals surface area contributed by atoms with Gasteiger partial charge in [0.1, 0.15) is 0 Å². The van der Waals surface area contributed by atoms with E-state index in [9.17, 15) is 13.2 Å². The number of carbonyl (C=O) groups is 1. The first-order valence-electron chi connectivity index (χ1n) is 7.18. The Kier molecular flexibility index (Phi) is 5.35. The minimum atomic E-state index is -2.95. The molecule has 23 heavy (non-hydrogen) atoms. The Morgan fingerprint density at radius 2 is 1.78 bits per heavy atom. The molecule has 128 valence electrons. The van der Waals surface area contributed by atoms with E-state index < -0.39 is 9.84 Å². The van der Waals surface area contributed by atoms with Gasteiger partial charge in [0.05, 0.1) is 32.8 Å². The molecule has 1 unspecified atom stereocenters. The smallest absolute Gasteiger partial charge is 0.251 e. The molecule has 1 aromatic carbocycles. The first kappa shape index (κ1) is 17.4. The largest absolute Gasteiger partial charge is 0.493 e. The van der Waals surface area contributed by atoms with E-state index in [2.05, 4.69) is 5.32 Å². The summed E-state index contributed by atoms with van der Waals surface area (Å²) in [6.07, 6.45) is 0.581. The first-order chi connectivity index (χ1) is 10.9. The number of carbonyl (C=O) groups excluding carboxylic acids is 1. The third-order valence-electron chi connectivity index (χ3n) is 3.80. The molecule has 0 saturated carbocycles. The van der Waals surface area contributed by atoms with Gasteiger partial charge in [-0.25, -0.2) is 8.42 Å². The van der Waals surface area contributed by atoms with Crippen molar-refractivity contribution in [3.8, 4) is 17.2 Å². The summed E-state index contributed by atoms with van der Waals surface area (Å²) in [5.74, 6) is 1.16. The standard InChI is InChI=1S/C15H21NO6S/c1-20-12-6-11(7-13(21-2)14(12)22-3)15(17)16-8-10-4-5-23(18,19)9-10/h6-7,10H,4-5,8-9H2,1-3H3,(H,16,17). The number of nitrogens with one attached hydrogen (secondary N) is 1. The minimum Gasteiger partial charge on any atom is -0.493 e. The number of methoxy groups -OCH3 is 3. The van der Waals surface area contributed by atoms with Gasteiger partial charge < -0.3 is 19.5 Å². The molecule has 0 aliphatic carbocycles. The van der Waals surface area contributed by atoms with E-state index in [1.165, 1.54) is 21.3 Å². The normalized spacial score (nSPS) is 19.2. The summed E-state index contributed by atoms with van der Waals surface area (Å²) < 4.78 is 38.5. The predicted octanol–water partition coefficient (Wildman–Crippen LogP) is 0.877. The minimum absolute atomic E-state index is 0.0361. The van der Waals surface area contributed by atoms with Gasteiger partial charge in [0.25, 0.3) is 5.91 Å². The van der Waals surface area contributed by atoms with E-state index in [1.807, 2.05) is 0 Å². The van der Waals surface area contributed by atoms with E-state index >= 15 is 0 Å². The van der Waals surface area contributed by atoms with Gasteiger partial charge in [0, 0.05) is 12.1 Å². The van der Waals surface area contributed by atoms with Crippen LogP contribution in [0, 0.1) is 5.92 Å². The van der Waals surface area contributed by atoms with Gasteiger partial charge in [-0.1, -0.05) is 0 Å². The van der Waals surface area contributed by atoms with Crippen LogP contribution in [0.3, 0.4) is 0 Å². The number of rotatable bonds is 6. The van der Waals surface area contributed by atoms with E-state index in [0.717, 1.165) is 0 Å². The Labute approximate surface area is 135 Å². The van der Waals surface area contributed by atoms with Crippen LogP contribution in [-0.4, -0.2) is 53.7 Å². The number of sulfone groups is 1. The molecule has 0 aromatic heterocycles. The average Bonchev–Trinajstić information content (AvgIpc) is 2.90. The molecular formula is C15H21NO6S. The quantitative estimate of drug-likeness (QED) is 0.824. The summed E-state index contributed by atoms with van der Waals surface area (Å²) >= 11 is 0. The molecule has 0 bridgehead atoms. The molecule has 0 radical (unpaired) electrons. The average molecular weight is 343 g/mol. The number of hydrogen-bond donors (Lipinski definition) is 1. The molecule has 1 fully saturated rings. The van der Waals surface area contributed by atoms with Crippen LogP contribution in [0.2, 0.25) is 0 Å².